The van der Waals surface area contributed by atoms with Gasteiger partial charge in [-0.3, -0.25) is 5.43 Å². The SMILES string of the molecule is CCOC(=S)NN=C(C=NNC(=S)N(C)C)c1ccccc1. The standard InChI is InChI=1S/C14H19N5OS2/c1-4-20-14(22)18-16-12(11-8-6-5-7-9-11)10-15-17-13(21)19(2)3/h5-10H,4H2,1-3H3,(H,17,21)(H,18,22). The zero-order chi connectivity index (χ0) is 16.4. The first-order valence-corrected chi connectivity index (χ1v) is 7.42. The largest absolute Gasteiger partial charge is 0.470 e. The highest BCUT2D eigenvalue weighted by atomic mass is 32.1. The molecule has 0 aliphatic heterocycles. The Morgan fingerprint density at radius 1 is 1.23 bits per heavy atom. The number of thiocarbonyl (C=S) groups is 2. The number of ether oxygens (including phenoxy) is 1. The quantitative estimate of drug-likeness (QED) is 0.485. The van der Waals surface area contributed by atoms with Gasteiger partial charge in [-0.1, -0.05) is 30.3 Å². The molecule has 0 aromatic heterocycles. The maximum atomic E-state index is 5.13. The van der Waals surface area contributed by atoms with Gasteiger partial charge in [-0.05, 0) is 31.4 Å². The summed E-state index contributed by atoms with van der Waals surface area (Å²) in [7, 11) is 3.66. The third kappa shape index (κ3) is 6.59. The van der Waals surface area contributed by atoms with Crippen LogP contribution in [0.4, 0.5) is 0 Å². The summed E-state index contributed by atoms with van der Waals surface area (Å²) in [6, 6.07) is 9.59. The molecule has 0 radical (unpaired) electrons. The molecule has 0 saturated carbocycles. The van der Waals surface area contributed by atoms with E-state index >= 15 is 0 Å². The minimum absolute atomic E-state index is 0.209. The van der Waals surface area contributed by atoms with E-state index in [0.717, 1.165) is 5.56 Å². The van der Waals surface area contributed by atoms with E-state index in [1.54, 1.807) is 11.1 Å². The van der Waals surface area contributed by atoms with Gasteiger partial charge < -0.3 is 9.64 Å². The first-order valence-electron chi connectivity index (χ1n) is 6.60. The minimum Gasteiger partial charge on any atom is -0.470 e. The summed E-state index contributed by atoms with van der Waals surface area (Å²) in [4.78, 5) is 1.74. The van der Waals surface area contributed by atoms with Crippen LogP contribution in [-0.4, -0.2) is 47.8 Å². The number of benzene rings is 1. The molecule has 118 valence electrons. The highest BCUT2D eigenvalue weighted by Gasteiger charge is 2.02. The number of hydrogen-bond acceptors (Lipinski definition) is 5. The third-order valence-electron chi connectivity index (χ3n) is 2.37. The lowest BCUT2D eigenvalue weighted by molar-refractivity contribution is 0.321. The van der Waals surface area contributed by atoms with E-state index in [4.69, 9.17) is 29.2 Å². The molecule has 0 fully saturated rings. The van der Waals surface area contributed by atoms with Gasteiger partial charge in [0.05, 0.1) is 12.8 Å². The van der Waals surface area contributed by atoms with Crippen molar-refractivity contribution in [3.05, 3.63) is 35.9 Å². The van der Waals surface area contributed by atoms with Crippen LogP contribution < -0.4 is 10.9 Å². The number of rotatable bonds is 5. The molecule has 0 amide bonds. The van der Waals surface area contributed by atoms with E-state index in [-0.39, 0.29) is 5.17 Å². The molecule has 0 bridgehead atoms. The molecule has 6 nitrogen and oxygen atoms in total. The second-order valence-corrected chi connectivity index (χ2v) is 5.02. The molecule has 0 heterocycles. The molecule has 0 saturated heterocycles. The van der Waals surface area contributed by atoms with Gasteiger partial charge in [-0.15, -0.1) is 0 Å². The smallest absolute Gasteiger partial charge is 0.277 e. The lowest BCUT2D eigenvalue weighted by Crippen LogP contribution is -2.31. The fourth-order valence-electron chi connectivity index (χ4n) is 1.29. The topological polar surface area (TPSA) is 61.2 Å². The Balaban J connectivity index is 2.83. The van der Waals surface area contributed by atoms with Gasteiger partial charge in [0, 0.05) is 19.7 Å². The van der Waals surface area contributed by atoms with E-state index in [0.29, 0.717) is 17.4 Å². The predicted molar refractivity (Wildman–Crippen MR) is 98.3 cm³/mol. The van der Waals surface area contributed by atoms with Crippen molar-refractivity contribution in [1.29, 1.82) is 0 Å². The van der Waals surface area contributed by atoms with Crippen molar-refractivity contribution >= 4 is 46.6 Å². The zero-order valence-corrected chi connectivity index (χ0v) is 14.4. The highest BCUT2D eigenvalue weighted by Crippen LogP contribution is 1.99. The second-order valence-electron chi connectivity index (χ2n) is 4.26. The molecule has 0 unspecified atom stereocenters. The fraction of sp³-hybridized carbons (Fsp3) is 0.286. The number of nitrogens with zero attached hydrogens (tertiary/aromatic N) is 3. The van der Waals surface area contributed by atoms with Crippen molar-refractivity contribution in [2.24, 2.45) is 10.2 Å². The molecule has 22 heavy (non-hydrogen) atoms. The average Bonchev–Trinajstić information content (AvgIpc) is 2.51. The third-order valence-corrected chi connectivity index (χ3v) is 3.03. The molecule has 0 aliphatic rings. The molecule has 8 heteroatoms. The van der Waals surface area contributed by atoms with Crippen LogP contribution in [0.3, 0.4) is 0 Å². The fourth-order valence-corrected chi connectivity index (χ4v) is 1.51. The van der Waals surface area contributed by atoms with Crippen LogP contribution in [0.2, 0.25) is 0 Å². The van der Waals surface area contributed by atoms with Crippen LogP contribution in [0.25, 0.3) is 0 Å². The Morgan fingerprint density at radius 2 is 1.91 bits per heavy atom. The maximum absolute atomic E-state index is 5.13. The number of nitrogens with one attached hydrogen (secondary N) is 2. The molecule has 0 atom stereocenters. The second kappa shape index (κ2) is 9.80. The summed E-state index contributed by atoms with van der Waals surface area (Å²) >= 11 is 10.1. The van der Waals surface area contributed by atoms with Crippen molar-refractivity contribution in [2.45, 2.75) is 6.92 Å². The first-order chi connectivity index (χ1) is 10.5. The molecule has 0 spiro atoms. The number of hydrogen-bond donors (Lipinski definition) is 2. The van der Waals surface area contributed by atoms with Crippen LogP contribution in [0.5, 0.6) is 0 Å². The van der Waals surface area contributed by atoms with Gasteiger partial charge in [-0.25, -0.2) is 5.43 Å². The lowest BCUT2D eigenvalue weighted by atomic mass is 10.1. The van der Waals surface area contributed by atoms with E-state index in [9.17, 15) is 0 Å². The minimum atomic E-state index is 0.209. The van der Waals surface area contributed by atoms with Crippen molar-refractivity contribution in [1.82, 2.24) is 15.8 Å². The molecule has 1 rings (SSSR count). The van der Waals surface area contributed by atoms with Crippen LogP contribution in [0.1, 0.15) is 12.5 Å². The predicted octanol–water partition coefficient (Wildman–Crippen LogP) is 1.72. The highest BCUT2D eigenvalue weighted by molar-refractivity contribution is 7.80. The number of hydrazone groups is 2. The van der Waals surface area contributed by atoms with Crippen molar-refractivity contribution < 1.29 is 4.74 Å². The Hall–Kier alpha value is -2.06. The van der Waals surface area contributed by atoms with Crippen LogP contribution in [0.15, 0.2) is 40.5 Å². The Bertz CT molecular complexity index is 558. The van der Waals surface area contributed by atoms with Crippen molar-refractivity contribution in [2.75, 3.05) is 20.7 Å². The molecule has 1 aromatic rings. The summed E-state index contributed by atoms with van der Waals surface area (Å²) in [5.41, 5.74) is 6.91. The van der Waals surface area contributed by atoms with Crippen LogP contribution in [0, 0.1) is 0 Å². The van der Waals surface area contributed by atoms with E-state index in [1.165, 1.54) is 0 Å². The Labute approximate surface area is 141 Å². The van der Waals surface area contributed by atoms with Gasteiger partial charge in [-0.2, -0.15) is 10.2 Å². The zero-order valence-electron chi connectivity index (χ0n) is 12.7. The Morgan fingerprint density at radius 3 is 2.50 bits per heavy atom. The monoisotopic (exact) mass is 337 g/mol. The van der Waals surface area contributed by atoms with Crippen molar-refractivity contribution in [3.8, 4) is 0 Å². The van der Waals surface area contributed by atoms with E-state index in [1.807, 2.05) is 51.4 Å². The molecule has 1 aromatic carbocycles. The summed E-state index contributed by atoms with van der Waals surface area (Å²) in [6.07, 6.45) is 1.56. The average molecular weight is 337 g/mol. The summed E-state index contributed by atoms with van der Waals surface area (Å²) < 4.78 is 5.13. The van der Waals surface area contributed by atoms with Gasteiger partial charge in [0.15, 0.2) is 5.11 Å². The summed E-state index contributed by atoms with van der Waals surface area (Å²) in [6.45, 7) is 2.33. The summed E-state index contributed by atoms with van der Waals surface area (Å²) in [5.74, 6) is 0. The van der Waals surface area contributed by atoms with Crippen LogP contribution >= 0.6 is 24.4 Å². The molecular weight excluding hydrogens is 318 g/mol. The normalized spacial score (nSPS) is 11.1. The van der Waals surface area contributed by atoms with E-state index < -0.39 is 0 Å². The molecule has 2 N–H and O–H groups in total. The van der Waals surface area contributed by atoms with Crippen LogP contribution in [-0.2, 0) is 4.74 Å². The Kier molecular flexibility index (Phi) is 8.01. The van der Waals surface area contributed by atoms with E-state index in [2.05, 4.69) is 21.1 Å². The molecular formula is C14H19N5OS2. The van der Waals surface area contributed by atoms with Crippen molar-refractivity contribution in [3.63, 3.8) is 0 Å². The summed E-state index contributed by atoms with van der Waals surface area (Å²) in [5, 5.41) is 9.00. The van der Waals surface area contributed by atoms with Gasteiger partial charge in [0.1, 0.15) is 5.71 Å². The first kappa shape index (κ1) is 18.0. The van der Waals surface area contributed by atoms with Gasteiger partial charge in [0.25, 0.3) is 5.17 Å². The molecule has 0 aliphatic carbocycles. The van der Waals surface area contributed by atoms with Gasteiger partial charge in [0.2, 0.25) is 0 Å². The van der Waals surface area contributed by atoms with Gasteiger partial charge >= 0.3 is 0 Å². The lowest BCUT2D eigenvalue weighted by Gasteiger charge is -2.11. The maximum Gasteiger partial charge on any atom is 0.277 e.